The SMILES string of the molecule is CC(C)c1ccc(C(C)C)c(O)c1.Cl.Cl.[C-]1=CC=CC1.[CH3-].[CH3-].[CH3-].[CH3-].[CH3-].[Ti]. The number of benzene rings is 1. The molecule has 1 N–H and O–H groups in total. The van der Waals surface area contributed by atoms with Gasteiger partial charge in [0.1, 0.15) is 5.75 Å². The summed E-state index contributed by atoms with van der Waals surface area (Å²) in [6.45, 7) is 8.43. The van der Waals surface area contributed by atoms with Gasteiger partial charge in [-0.3, -0.25) is 6.08 Å². The Morgan fingerprint density at radius 1 is 0.885 bits per heavy atom. The van der Waals surface area contributed by atoms with Crippen LogP contribution in [0.3, 0.4) is 0 Å². The fourth-order valence-electron chi connectivity index (χ4n) is 1.75. The van der Waals surface area contributed by atoms with Gasteiger partial charge in [-0.05, 0) is 29.0 Å². The van der Waals surface area contributed by atoms with E-state index < -0.39 is 0 Å². The van der Waals surface area contributed by atoms with Crippen LogP contribution < -0.4 is 0 Å². The molecule has 26 heavy (non-hydrogen) atoms. The molecule has 0 aliphatic heterocycles. The van der Waals surface area contributed by atoms with Crippen LogP contribution in [-0.2, 0) is 21.7 Å². The van der Waals surface area contributed by atoms with Gasteiger partial charge in [-0.2, -0.15) is 6.08 Å². The number of hydrogen-bond acceptors (Lipinski definition) is 1. The molecule has 1 aromatic carbocycles. The average molecular weight is 439 g/mol. The van der Waals surface area contributed by atoms with E-state index in [2.05, 4.69) is 45.9 Å². The second-order valence-corrected chi connectivity index (χ2v) is 5.13. The summed E-state index contributed by atoms with van der Waals surface area (Å²) in [5, 5.41) is 9.71. The van der Waals surface area contributed by atoms with Crippen molar-refractivity contribution < 1.29 is 26.8 Å². The molecule has 1 aromatic rings. The molecule has 4 heteroatoms. The predicted octanol–water partition coefficient (Wildman–Crippen LogP) is 8.04. The van der Waals surface area contributed by atoms with Crippen molar-refractivity contribution in [2.75, 3.05) is 0 Å². The van der Waals surface area contributed by atoms with E-state index in [1.165, 1.54) is 5.56 Å². The summed E-state index contributed by atoms with van der Waals surface area (Å²) in [5.41, 5.74) is 2.23. The molecule has 0 saturated heterocycles. The van der Waals surface area contributed by atoms with E-state index in [4.69, 9.17) is 0 Å². The van der Waals surface area contributed by atoms with Crippen LogP contribution in [0.4, 0.5) is 0 Å². The molecule has 0 aromatic heterocycles. The zero-order valence-electron chi connectivity index (χ0n) is 18.1. The zero-order valence-corrected chi connectivity index (χ0v) is 21.3. The number of phenols is 1. The van der Waals surface area contributed by atoms with Crippen molar-refractivity contribution in [1.29, 1.82) is 0 Å². The molecule has 2 rings (SSSR count). The second-order valence-electron chi connectivity index (χ2n) is 5.13. The maximum absolute atomic E-state index is 9.71. The van der Waals surface area contributed by atoms with Crippen LogP contribution >= 0.6 is 24.8 Å². The van der Waals surface area contributed by atoms with E-state index in [0.29, 0.717) is 17.6 Å². The van der Waals surface area contributed by atoms with E-state index in [-0.39, 0.29) is 83.7 Å². The molecule has 0 bridgehead atoms. The monoisotopic (exact) mass is 438 g/mol. The van der Waals surface area contributed by atoms with Crippen LogP contribution in [0.1, 0.15) is 57.1 Å². The Bertz CT molecular complexity index is 432. The first kappa shape index (κ1) is 50.1. The topological polar surface area (TPSA) is 20.2 Å². The summed E-state index contributed by atoms with van der Waals surface area (Å²) in [6, 6.07) is 6.00. The normalized spacial score (nSPS) is 9.00. The van der Waals surface area contributed by atoms with Gasteiger partial charge < -0.3 is 42.2 Å². The van der Waals surface area contributed by atoms with E-state index >= 15 is 0 Å². The van der Waals surface area contributed by atoms with Gasteiger partial charge in [0.05, 0.1) is 0 Å². The molecule has 0 unspecified atom stereocenters. The maximum Gasteiger partial charge on any atom is 0.119 e. The van der Waals surface area contributed by atoms with Gasteiger partial charge in [-0.1, -0.05) is 39.8 Å². The Morgan fingerprint density at radius 2 is 1.38 bits per heavy atom. The smallest absolute Gasteiger partial charge is 0.119 e. The van der Waals surface area contributed by atoms with Crippen molar-refractivity contribution in [3.05, 3.63) is 90.8 Å². The Kier molecular flexibility index (Phi) is 52.0. The summed E-state index contributed by atoms with van der Waals surface area (Å²) in [6.07, 6.45) is 10.0. The average Bonchev–Trinajstić information content (AvgIpc) is 2.86. The van der Waals surface area contributed by atoms with Gasteiger partial charge in [-0.25, -0.2) is 12.2 Å². The summed E-state index contributed by atoms with van der Waals surface area (Å²) >= 11 is 0. The van der Waals surface area contributed by atoms with Crippen molar-refractivity contribution in [3.8, 4) is 5.75 Å². The molecule has 0 spiro atoms. The standard InChI is InChI=1S/C12H18O.C5H5.5CH3.2ClH.Ti/c1-8(2)10-5-6-11(9(3)4)12(13)7-10;1-2-4-5-3-1;;;;;;;;/h5-9,13H,1-4H3;1-3H,4H2;5*1H3;2*1H;/q;6*-1;;;. The Labute approximate surface area is 193 Å². The van der Waals surface area contributed by atoms with Crippen molar-refractivity contribution in [3.63, 3.8) is 0 Å². The van der Waals surface area contributed by atoms with Gasteiger partial charge in [0.2, 0.25) is 0 Å². The van der Waals surface area contributed by atoms with Crippen molar-refractivity contribution in [1.82, 2.24) is 0 Å². The van der Waals surface area contributed by atoms with Crippen LogP contribution in [0.2, 0.25) is 0 Å². The molecule has 0 fully saturated rings. The molecule has 1 nitrogen and oxygen atoms in total. The minimum absolute atomic E-state index is 0. The number of hydrogen-bond donors (Lipinski definition) is 1. The third-order valence-electron chi connectivity index (χ3n) is 2.93. The third-order valence-corrected chi connectivity index (χ3v) is 2.93. The van der Waals surface area contributed by atoms with E-state index in [9.17, 15) is 5.11 Å². The third kappa shape index (κ3) is 18.6. The number of rotatable bonds is 2. The van der Waals surface area contributed by atoms with Crippen molar-refractivity contribution in [2.24, 2.45) is 0 Å². The van der Waals surface area contributed by atoms with E-state index in [0.717, 1.165) is 12.0 Å². The molecule has 0 radical (unpaired) electrons. The summed E-state index contributed by atoms with van der Waals surface area (Å²) < 4.78 is 0. The number of halogens is 2. The van der Waals surface area contributed by atoms with Crippen molar-refractivity contribution >= 4 is 24.8 Å². The van der Waals surface area contributed by atoms with E-state index in [1.54, 1.807) is 0 Å². The largest absolute Gasteiger partial charge is 0.508 e. The van der Waals surface area contributed by atoms with Gasteiger partial charge in [0.15, 0.2) is 0 Å². The minimum Gasteiger partial charge on any atom is -0.508 e. The first-order valence-electron chi connectivity index (χ1n) is 6.57. The quantitative estimate of drug-likeness (QED) is 0.365. The van der Waals surface area contributed by atoms with Crippen LogP contribution in [0.15, 0.2) is 36.4 Å². The molecule has 0 amide bonds. The molecule has 1 aliphatic carbocycles. The Morgan fingerprint density at radius 3 is 1.62 bits per heavy atom. The van der Waals surface area contributed by atoms with Crippen LogP contribution in [0.25, 0.3) is 0 Å². The van der Waals surface area contributed by atoms with Gasteiger partial charge in [-0.15, -0.1) is 31.2 Å². The Balaban J connectivity index is -0.0000000371. The summed E-state index contributed by atoms with van der Waals surface area (Å²) in [7, 11) is 0. The minimum atomic E-state index is 0. The molecule has 0 heterocycles. The maximum atomic E-state index is 9.71. The summed E-state index contributed by atoms with van der Waals surface area (Å²) in [4.78, 5) is 0. The fraction of sp³-hybridized carbons (Fsp3) is 0.318. The molecule has 0 atom stereocenters. The van der Waals surface area contributed by atoms with Gasteiger partial charge in [0, 0.05) is 21.7 Å². The molecular formula is C22H40Cl2OTi-6. The Hall–Kier alpha value is -0.206. The molecular weight excluding hydrogens is 399 g/mol. The van der Waals surface area contributed by atoms with Gasteiger partial charge >= 0.3 is 0 Å². The first-order chi connectivity index (χ1) is 8.52. The first-order valence-corrected chi connectivity index (χ1v) is 6.57. The van der Waals surface area contributed by atoms with Crippen molar-refractivity contribution in [2.45, 2.75) is 46.0 Å². The molecule has 158 valence electrons. The van der Waals surface area contributed by atoms with Crippen LogP contribution in [-0.4, -0.2) is 5.11 Å². The predicted molar refractivity (Wildman–Crippen MR) is 124 cm³/mol. The number of phenolic OH excluding ortho intramolecular Hbond substituents is 1. The van der Waals surface area contributed by atoms with Crippen LogP contribution in [0, 0.1) is 43.2 Å². The summed E-state index contributed by atoms with van der Waals surface area (Å²) in [5.74, 6) is 1.30. The van der Waals surface area contributed by atoms with E-state index in [1.807, 2.05) is 24.3 Å². The zero-order chi connectivity index (χ0) is 13.5. The van der Waals surface area contributed by atoms with Gasteiger partial charge in [0.25, 0.3) is 0 Å². The molecule has 1 aliphatic rings. The molecule has 0 saturated carbocycles. The number of aromatic hydroxyl groups is 1. The second kappa shape index (κ2) is 27.0. The van der Waals surface area contributed by atoms with Crippen LogP contribution in [0.5, 0.6) is 5.75 Å². The fourth-order valence-corrected chi connectivity index (χ4v) is 1.75. The number of allylic oxidation sites excluding steroid dienone is 4.